The molecule has 2 aromatic rings. The highest BCUT2D eigenvalue weighted by atomic mass is 32.1. The molecule has 0 aliphatic carbocycles. The van der Waals surface area contributed by atoms with E-state index in [0.29, 0.717) is 23.1 Å². The van der Waals surface area contributed by atoms with Crippen molar-refractivity contribution in [2.24, 2.45) is 5.92 Å². The number of nitrogens with one attached hydrogen (secondary N) is 1. The molecule has 0 aromatic carbocycles. The van der Waals surface area contributed by atoms with Crippen LogP contribution in [-0.4, -0.2) is 29.0 Å². The van der Waals surface area contributed by atoms with Crippen molar-refractivity contribution in [2.45, 2.75) is 12.8 Å². The molecule has 7 heteroatoms. The molecule has 1 N–H and O–H groups in total. The Hall–Kier alpha value is -2.46. The highest BCUT2D eigenvalue weighted by Crippen LogP contribution is 2.25. The van der Waals surface area contributed by atoms with Crippen LogP contribution in [-0.2, 0) is 4.79 Å². The van der Waals surface area contributed by atoms with Gasteiger partial charge in [-0.05, 0) is 25.0 Å². The first-order valence-corrected chi connectivity index (χ1v) is 7.96. The highest BCUT2D eigenvalue weighted by molar-refractivity contribution is 7.13. The third-order valence-corrected chi connectivity index (χ3v) is 4.35. The number of nitrogens with zero attached hydrogens (tertiary/aromatic N) is 4. The molecule has 0 unspecified atom stereocenters. The quantitative estimate of drug-likeness (QED) is 0.940. The molecule has 3 rings (SSSR count). The minimum Gasteiger partial charge on any atom is -0.355 e. The molecule has 0 spiro atoms. The molecule has 1 saturated heterocycles. The van der Waals surface area contributed by atoms with Crippen molar-refractivity contribution < 1.29 is 4.79 Å². The van der Waals surface area contributed by atoms with Gasteiger partial charge in [0.05, 0.1) is 11.5 Å². The van der Waals surface area contributed by atoms with Crippen LogP contribution < -0.4 is 10.2 Å². The lowest BCUT2D eigenvalue weighted by Crippen LogP contribution is -2.41. The van der Waals surface area contributed by atoms with E-state index in [1.54, 1.807) is 24.5 Å². The van der Waals surface area contributed by atoms with Gasteiger partial charge >= 0.3 is 0 Å². The van der Waals surface area contributed by atoms with Crippen LogP contribution >= 0.6 is 11.3 Å². The largest absolute Gasteiger partial charge is 0.355 e. The molecule has 1 atom stereocenters. The molecule has 1 aliphatic heterocycles. The van der Waals surface area contributed by atoms with Crippen molar-refractivity contribution in [3.8, 4) is 6.07 Å². The summed E-state index contributed by atoms with van der Waals surface area (Å²) in [6, 6.07) is 5.66. The topological polar surface area (TPSA) is 81.9 Å². The summed E-state index contributed by atoms with van der Waals surface area (Å²) >= 11 is 1.41. The van der Waals surface area contributed by atoms with Crippen LogP contribution in [0.25, 0.3) is 0 Å². The van der Waals surface area contributed by atoms with Crippen LogP contribution in [0.1, 0.15) is 18.4 Å². The fourth-order valence-corrected chi connectivity index (χ4v) is 3.14. The Morgan fingerprint density at radius 1 is 1.45 bits per heavy atom. The number of nitriles is 1. The molecule has 1 aliphatic rings. The van der Waals surface area contributed by atoms with Crippen molar-refractivity contribution in [2.75, 3.05) is 23.3 Å². The Labute approximate surface area is 132 Å². The fraction of sp³-hybridized carbons (Fsp3) is 0.333. The Morgan fingerprint density at radius 2 is 2.36 bits per heavy atom. The van der Waals surface area contributed by atoms with E-state index in [0.717, 1.165) is 19.4 Å². The van der Waals surface area contributed by atoms with Crippen molar-refractivity contribution in [3.63, 3.8) is 0 Å². The number of thiazole rings is 1. The van der Waals surface area contributed by atoms with Crippen LogP contribution in [0.5, 0.6) is 0 Å². The molecule has 0 saturated carbocycles. The maximum absolute atomic E-state index is 12.3. The van der Waals surface area contributed by atoms with Crippen molar-refractivity contribution in [1.82, 2.24) is 9.97 Å². The lowest BCUT2D eigenvalue weighted by Gasteiger charge is -2.33. The number of aromatic nitrogens is 2. The number of hydrogen-bond acceptors (Lipinski definition) is 6. The van der Waals surface area contributed by atoms with Crippen LogP contribution in [0.15, 0.2) is 29.9 Å². The predicted molar refractivity (Wildman–Crippen MR) is 84.6 cm³/mol. The minimum absolute atomic E-state index is 0.0194. The van der Waals surface area contributed by atoms with Gasteiger partial charge in [0, 0.05) is 30.9 Å². The second-order valence-corrected chi connectivity index (χ2v) is 5.99. The lowest BCUT2D eigenvalue weighted by molar-refractivity contribution is -0.120. The van der Waals surface area contributed by atoms with E-state index in [1.165, 1.54) is 11.3 Å². The second-order valence-electron chi connectivity index (χ2n) is 5.10. The Balaban J connectivity index is 1.71. The Morgan fingerprint density at radius 3 is 3.14 bits per heavy atom. The molecule has 112 valence electrons. The summed E-state index contributed by atoms with van der Waals surface area (Å²) in [7, 11) is 0. The standard InChI is InChI=1S/C15H15N5OS/c16-9-11-3-1-5-17-13(11)20-7-2-4-12(10-20)14(21)19-15-18-6-8-22-15/h1,3,5-6,8,12H,2,4,7,10H2,(H,18,19,21)/t12-/m0/s1. The number of pyridine rings is 1. The first-order valence-electron chi connectivity index (χ1n) is 7.08. The molecular formula is C15H15N5OS. The van der Waals surface area contributed by atoms with Gasteiger partial charge in [-0.2, -0.15) is 5.26 Å². The summed E-state index contributed by atoms with van der Waals surface area (Å²) in [6.07, 6.45) is 5.08. The van der Waals surface area contributed by atoms with Crippen molar-refractivity contribution in [1.29, 1.82) is 5.26 Å². The van der Waals surface area contributed by atoms with Crippen molar-refractivity contribution >= 4 is 28.2 Å². The normalized spacial score (nSPS) is 17.8. The van der Waals surface area contributed by atoms with Gasteiger partial charge < -0.3 is 10.2 Å². The highest BCUT2D eigenvalue weighted by Gasteiger charge is 2.28. The van der Waals surface area contributed by atoms with E-state index in [1.807, 2.05) is 10.3 Å². The maximum atomic E-state index is 12.3. The zero-order valence-electron chi connectivity index (χ0n) is 11.9. The second kappa shape index (κ2) is 6.54. The van der Waals surface area contributed by atoms with Gasteiger partial charge in [-0.3, -0.25) is 4.79 Å². The van der Waals surface area contributed by atoms with E-state index >= 15 is 0 Å². The molecule has 1 amide bonds. The zero-order valence-corrected chi connectivity index (χ0v) is 12.7. The number of carbonyl (C=O) groups is 1. The van der Waals surface area contributed by atoms with Crippen LogP contribution in [0.2, 0.25) is 0 Å². The molecule has 2 aromatic heterocycles. The van der Waals surface area contributed by atoms with E-state index in [9.17, 15) is 10.1 Å². The molecular weight excluding hydrogens is 298 g/mol. The average molecular weight is 313 g/mol. The molecule has 3 heterocycles. The van der Waals surface area contributed by atoms with Gasteiger partial charge in [0.15, 0.2) is 5.13 Å². The monoisotopic (exact) mass is 313 g/mol. The van der Waals surface area contributed by atoms with E-state index in [4.69, 9.17) is 0 Å². The van der Waals surface area contributed by atoms with Gasteiger partial charge in [-0.1, -0.05) is 0 Å². The third kappa shape index (κ3) is 3.07. The predicted octanol–water partition coefficient (Wildman–Crippen LogP) is 2.26. The number of anilines is 2. The van der Waals surface area contributed by atoms with E-state index < -0.39 is 0 Å². The molecule has 0 bridgehead atoms. The SMILES string of the molecule is N#Cc1cccnc1N1CCC[C@H](C(=O)Nc2nccs2)C1. The van der Waals surface area contributed by atoms with E-state index in [-0.39, 0.29) is 11.8 Å². The molecule has 6 nitrogen and oxygen atoms in total. The summed E-state index contributed by atoms with van der Waals surface area (Å²) in [5.74, 6) is 0.525. The zero-order chi connectivity index (χ0) is 15.4. The molecule has 0 radical (unpaired) electrons. The summed E-state index contributed by atoms with van der Waals surface area (Å²) in [6.45, 7) is 1.38. The maximum Gasteiger partial charge on any atom is 0.231 e. The number of amides is 1. The third-order valence-electron chi connectivity index (χ3n) is 3.66. The molecule has 22 heavy (non-hydrogen) atoms. The Bertz CT molecular complexity index is 694. The molecule has 1 fully saturated rings. The number of piperidine rings is 1. The average Bonchev–Trinajstić information content (AvgIpc) is 3.08. The van der Waals surface area contributed by atoms with Gasteiger partial charge in [-0.25, -0.2) is 9.97 Å². The number of hydrogen-bond donors (Lipinski definition) is 1. The van der Waals surface area contributed by atoms with Crippen LogP contribution in [0.3, 0.4) is 0 Å². The fourth-order valence-electron chi connectivity index (χ4n) is 2.61. The van der Waals surface area contributed by atoms with Crippen molar-refractivity contribution in [3.05, 3.63) is 35.5 Å². The lowest BCUT2D eigenvalue weighted by atomic mass is 9.97. The van der Waals surface area contributed by atoms with Crippen LogP contribution in [0.4, 0.5) is 10.9 Å². The Kier molecular flexibility index (Phi) is 4.30. The van der Waals surface area contributed by atoms with E-state index in [2.05, 4.69) is 21.4 Å². The van der Waals surface area contributed by atoms with Gasteiger partial charge in [0.25, 0.3) is 0 Å². The van der Waals surface area contributed by atoms with Crippen LogP contribution in [0, 0.1) is 17.2 Å². The van der Waals surface area contributed by atoms with Gasteiger partial charge in [-0.15, -0.1) is 11.3 Å². The smallest absolute Gasteiger partial charge is 0.231 e. The summed E-state index contributed by atoms with van der Waals surface area (Å²) in [4.78, 5) is 22.7. The summed E-state index contributed by atoms with van der Waals surface area (Å²) in [5.41, 5.74) is 0.545. The minimum atomic E-state index is -0.119. The number of rotatable bonds is 3. The number of carbonyl (C=O) groups excluding carboxylic acids is 1. The summed E-state index contributed by atoms with van der Waals surface area (Å²) < 4.78 is 0. The van der Waals surface area contributed by atoms with Gasteiger partial charge in [0.2, 0.25) is 5.91 Å². The first-order chi connectivity index (χ1) is 10.8. The first kappa shape index (κ1) is 14.5. The van der Waals surface area contributed by atoms with Gasteiger partial charge in [0.1, 0.15) is 11.9 Å². The summed E-state index contributed by atoms with van der Waals surface area (Å²) in [5, 5.41) is 14.5.